The molecule has 1 saturated heterocycles. The third-order valence-electron chi connectivity index (χ3n) is 5.65. The lowest BCUT2D eigenvalue weighted by Crippen LogP contribution is -2.47. The van der Waals surface area contributed by atoms with Gasteiger partial charge in [0.2, 0.25) is 15.9 Å². The van der Waals surface area contributed by atoms with Gasteiger partial charge in [-0.1, -0.05) is 36.4 Å². The molecule has 162 valence electrons. The molecule has 6 nitrogen and oxygen atoms in total. The van der Waals surface area contributed by atoms with Crippen LogP contribution in [0.15, 0.2) is 53.4 Å². The minimum Gasteiger partial charge on any atom is -0.340 e. The summed E-state index contributed by atoms with van der Waals surface area (Å²) in [6.45, 7) is 7.31. The summed E-state index contributed by atoms with van der Waals surface area (Å²) in [5.41, 5.74) is 3.07. The van der Waals surface area contributed by atoms with Gasteiger partial charge in [0.15, 0.2) is 0 Å². The molecule has 0 spiro atoms. The van der Waals surface area contributed by atoms with Crippen LogP contribution < -0.4 is 5.32 Å². The number of nitrogens with zero attached hydrogens (tertiary/aromatic N) is 2. The standard InChI is InChI=1S/C23H31N3O3S/c1-19-8-9-22(18-20(19)2)30(28,29)26(14-10-21-6-4-3-5-7-21)15-11-23(27)25-16-12-24-13-17-25/h3-9,18,24H,10-17H2,1-2H3. The van der Waals surface area contributed by atoms with Crippen LogP contribution in [0.3, 0.4) is 0 Å². The lowest BCUT2D eigenvalue weighted by molar-refractivity contribution is -0.131. The van der Waals surface area contributed by atoms with E-state index in [9.17, 15) is 13.2 Å². The minimum atomic E-state index is -3.69. The summed E-state index contributed by atoms with van der Waals surface area (Å²) < 4.78 is 28.3. The van der Waals surface area contributed by atoms with E-state index in [1.54, 1.807) is 12.1 Å². The molecule has 0 radical (unpaired) electrons. The van der Waals surface area contributed by atoms with Gasteiger partial charge >= 0.3 is 0 Å². The number of amides is 1. The van der Waals surface area contributed by atoms with Crippen molar-refractivity contribution in [2.24, 2.45) is 0 Å². The first-order chi connectivity index (χ1) is 14.4. The topological polar surface area (TPSA) is 69.7 Å². The molecule has 0 aromatic heterocycles. The highest BCUT2D eigenvalue weighted by Gasteiger charge is 2.26. The molecule has 1 aliphatic rings. The average Bonchev–Trinajstić information content (AvgIpc) is 2.76. The molecule has 7 heteroatoms. The van der Waals surface area contributed by atoms with Gasteiger partial charge in [-0.05, 0) is 49.1 Å². The van der Waals surface area contributed by atoms with Crippen LogP contribution >= 0.6 is 0 Å². The van der Waals surface area contributed by atoms with Crippen LogP contribution in [0, 0.1) is 13.8 Å². The van der Waals surface area contributed by atoms with Crippen molar-refractivity contribution in [3.05, 3.63) is 65.2 Å². The van der Waals surface area contributed by atoms with Crippen molar-refractivity contribution in [2.75, 3.05) is 39.3 Å². The zero-order valence-corrected chi connectivity index (χ0v) is 18.6. The summed E-state index contributed by atoms with van der Waals surface area (Å²) in [7, 11) is -3.69. The Balaban J connectivity index is 1.76. The smallest absolute Gasteiger partial charge is 0.243 e. The first-order valence-electron chi connectivity index (χ1n) is 10.5. The lowest BCUT2D eigenvalue weighted by atomic mass is 10.1. The van der Waals surface area contributed by atoms with Crippen LogP contribution in [0.4, 0.5) is 0 Å². The number of nitrogens with one attached hydrogen (secondary N) is 1. The summed E-state index contributed by atoms with van der Waals surface area (Å²) in [6, 6.07) is 15.0. The van der Waals surface area contributed by atoms with Crippen molar-refractivity contribution in [2.45, 2.75) is 31.6 Å². The van der Waals surface area contributed by atoms with Crippen LogP contribution in [0.2, 0.25) is 0 Å². The van der Waals surface area contributed by atoms with Crippen molar-refractivity contribution in [1.29, 1.82) is 0 Å². The SMILES string of the molecule is Cc1ccc(S(=O)(=O)N(CCC(=O)N2CCNCC2)CCc2ccccc2)cc1C. The van der Waals surface area contributed by atoms with Crippen LogP contribution in [-0.4, -0.2) is 62.8 Å². The first-order valence-corrected chi connectivity index (χ1v) is 11.9. The third kappa shape index (κ3) is 5.68. The second-order valence-corrected chi connectivity index (χ2v) is 9.70. The fourth-order valence-electron chi connectivity index (χ4n) is 3.57. The number of carbonyl (C=O) groups excluding carboxylic acids is 1. The maximum absolute atomic E-state index is 13.4. The van der Waals surface area contributed by atoms with Gasteiger partial charge in [0.25, 0.3) is 0 Å². The van der Waals surface area contributed by atoms with E-state index in [4.69, 9.17) is 0 Å². The van der Waals surface area contributed by atoms with E-state index in [0.717, 1.165) is 29.8 Å². The molecule has 0 saturated carbocycles. The number of hydrogen-bond acceptors (Lipinski definition) is 4. The van der Waals surface area contributed by atoms with Gasteiger partial charge < -0.3 is 10.2 Å². The van der Waals surface area contributed by atoms with Gasteiger partial charge in [0.1, 0.15) is 0 Å². The first kappa shape index (κ1) is 22.5. The van der Waals surface area contributed by atoms with Crippen molar-refractivity contribution in [3.63, 3.8) is 0 Å². The number of sulfonamides is 1. The van der Waals surface area contributed by atoms with Crippen molar-refractivity contribution >= 4 is 15.9 Å². The highest BCUT2D eigenvalue weighted by atomic mass is 32.2. The van der Waals surface area contributed by atoms with Crippen molar-refractivity contribution in [3.8, 4) is 0 Å². The molecular weight excluding hydrogens is 398 g/mol. The molecule has 1 amide bonds. The largest absolute Gasteiger partial charge is 0.340 e. The van der Waals surface area contributed by atoms with E-state index >= 15 is 0 Å². The Morgan fingerprint density at radius 1 is 1.00 bits per heavy atom. The Kier molecular flexibility index (Phi) is 7.64. The molecule has 2 aromatic rings. The van der Waals surface area contributed by atoms with Gasteiger partial charge in [-0.2, -0.15) is 4.31 Å². The molecule has 0 aliphatic carbocycles. The molecule has 1 N–H and O–H groups in total. The number of carbonyl (C=O) groups is 1. The van der Waals surface area contributed by atoms with E-state index in [1.165, 1.54) is 4.31 Å². The summed E-state index contributed by atoms with van der Waals surface area (Å²) in [5, 5.41) is 3.23. The maximum atomic E-state index is 13.4. The third-order valence-corrected chi connectivity index (χ3v) is 7.55. The normalized spacial score (nSPS) is 14.8. The number of aryl methyl sites for hydroxylation is 2. The molecule has 30 heavy (non-hydrogen) atoms. The van der Waals surface area contributed by atoms with Gasteiger partial charge in [-0.15, -0.1) is 0 Å². The second kappa shape index (κ2) is 10.2. The van der Waals surface area contributed by atoms with E-state index in [1.807, 2.05) is 55.1 Å². The van der Waals surface area contributed by atoms with E-state index in [2.05, 4.69) is 5.32 Å². The van der Waals surface area contributed by atoms with Gasteiger partial charge in [-0.3, -0.25) is 4.79 Å². The molecule has 1 fully saturated rings. The molecule has 0 bridgehead atoms. The second-order valence-electron chi connectivity index (χ2n) is 7.77. The minimum absolute atomic E-state index is 0.0106. The predicted octanol–water partition coefficient (Wildman–Crippen LogP) is 2.36. The maximum Gasteiger partial charge on any atom is 0.243 e. The average molecular weight is 430 g/mol. The van der Waals surface area contributed by atoms with Gasteiger partial charge in [-0.25, -0.2) is 8.42 Å². The molecular formula is C23H31N3O3S. The Hall–Kier alpha value is -2.22. The highest BCUT2D eigenvalue weighted by molar-refractivity contribution is 7.89. The molecule has 2 aromatic carbocycles. The van der Waals surface area contributed by atoms with Crippen LogP contribution in [0.1, 0.15) is 23.1 Å². The summed E-state index contributed by atoms with van der Waals surface area (Å²) in [5.74, 6) is 0.0106. The zero-order valence-electron chi connectivity index (χ0n) is 17.8. The summed E-state index contributed by atoms with van der Waals surface area (Å²) in [6.07, 6.45) is 0.797. The molecule has 0 unspecified atom stereocenters. The van der Waals surface area contributed by atoms with Crippen LogP contribution in [0.5, 0.6) is 0 Å². The molecule has 1 aliphatic heterocycles. The number of rotatable bonds is 8. The van der Waals surface area contributed by atoms with Crippen LogP contribution in [0.25, 0.3) is 0 Å². The van der Waals surface area contributed by atoms with E-state index in [0.29, 0.717) is 26.1 Å². The zero-order chi connectivity index (χ0) is 21.6. The van der Waals surface area contributed by atoms with Crippen molar-refractivity contribution < 1.29 is 13.2 Å². The fraction of sp³-hybridized carbons (Fsp3) is 0.435. The highest BCUT2D eigenvalue weighted by Crippen LogP contribution is 2.20. The Morgan fingerprint density at radius 3 is 2.37 bits per heavy atom. The Bertz CT molecular complexity index is 955. The molecule has 1 heterocycles. The Labute approximate surface area is 179 Å². The van der Waals surface area contributed by atoms with E-state index in [-0.39, 0.29) is 23.8 Å². The number of piperazine rings is 1. The number of benzene rings is 2. The fourth-order valence-corrected chi connectivity index (χ4v) is 5.09. The Morgan fingerprint density at radius 2 is 1.70 bits per heavy atom. The number of hydrogen-bond donors (Lipinski definition) is 1. The summed E-state index contributed by atoms with van der Waals surface area (Å²) in [4.78, 5) is 14.7. The van der Waals surface area contributed by atoms with Gasteiger partial charge in [0.05, 0.1) is 4.90 Å². The van der Waals surface area contributed by atoms with Crippen LogP contribution in [-0.2, 0) is 21.2 Å². The quantitative estimate of drug-likeness (QED) is 0.699. The van der Waals surface area contributed by atoms with Crippen molar-refractivity contribution in [1.82, 2.24) is 14.5 Å². The monoisotopic (exact) mass is 429 g/mol. The van der Waals surface area contributed by atoms with Gasteiger partial charge in [0, 0.05) is 45.7 Å². The van der Waals surface area contributed by atoms with E-state index < -0.39 is 10.0 Å². The lowest BCUT2D eigenvalue weighted by Gasteiger charge is -2.29. The molecule has 0 atom stereocenters. The molecule has 3 rings (SSSR count). The summed E-state index contributed by atoms with van der Waals surface area (Å²) >= 11 is 0. The predicted molar refractivity (Wildman–Crippen MR) is 119 cm³/mol.